The fourth-order valence-electron chi connectivity index (χ4n) is 3.75. The Bertz CT molecular complexity index is 996. The zero-order valence-corrected chi connectivity index (χ0v) is 19.7. The molecule has 0 atom stereocenters. The standard InChI is InChI=1S/C29H28P2/c1-2-15-29(31(27-20-11-5-12-21-27)28-22-13-6-14-23-28)24-30(25-16-7-3-8-17-25)26-18-9-4-10-19-26/h3-14,16-24H,2,15H2,1H3/b29-24+. The van der Waals surface area contributed by atoms with E-state index in [0.717, 1.165) is 12.8 Å². The number of rotatable bonds is 8. The highest BCUT2D eigenvalue weighted by Gasteiger charge is 2.21. The minimum atomic E-state index is -0.561. The van der Waals surface area contributed by atoms with Gasteiger partial charge in [0.15, 0.2) is 0 Å². The van der Waals surface area contributed by atoms with Crippen molar-refractivity contribution in [3.63, 3.8) is 0 Å². The molecular weight excluding hydrogens is 410 g/mol. The van der Waals surface area contributed by atoms with Gasteiger partial charge >= 0.3 is 0 Å². The summed E-state index contributed by atoms with van der Waals surface area (Å²) in [6.07, 6.45) is 2.27. The number of benzene rings is 4. The van der Waals surface area contributed by atoms with Crippen molar-refractivity contribution >= 4 is 37.1 Å². The normalized spacial score (nSPS) is 11.8. The van der Waals surface area contributed by atoms with E-state index >= 15 is 0 Å². The van der Waals surface area contributed by atoms with E-state index in [1.807, 2.05) is 0 Å². The first-order valence-electron chi connectivity index (χ1n) is 10.9. The maximum atomic E-state index is 2.62. The Morgan fingerprint density at radius 2 is 0.903 bits per heavy atom. The summed E-state index contributed by atoms with van der Waals surface area (Å²) >= 11 is 0. The van der Waals surface area contributed by atoms with Gasteiger partial charge in [-0.05, 0) is 54.6 Å². The minimum absolute atomic E-state index is 0.556. The first-order valence-corrected chi connectivity index (χ1v) is 13.6. The molecule has 0 bridgehead atoms. The minimum Gasteiger partial charge on any atom is -0.0651 e. The van der Waals surface area contributed by atoms with Gasteiger partial charge in [-0.25, -0.2) is 0 Å². The average Bonchev–Trinajstić information content (AvgIpc) is 2.85. The number of hydrogen-bond acceptors (Lipinski definition) is 0. The lowest BCUT2D eigenvalue weighted by Crippen LogP contribution is -2.14. The highest BCUT2D eigenvalue weighted by atomic mass is 31.1. The monoisotopic (exact) mass is 438 g/mol. The summed E-state index contributed by atoms with van der Waals surface area (Å²) in [6.45, 7) is 2.30. The van der Waals surface area contributed by atoms with Crippen molar-refractivity contribution in [1.82, 2.24) is 0 Å². The molecule has 0 saturated carbocycles. The third-order valence-corrected chi connectivity index (χ3v) is 10.2. The van der Waals surface area contributed by atoms with Gasteiger partial charge in [-0.1, -0.05) is 135 Å². The maximum Gasteiger partial charge on any atom is -0.0154 e. The van der Waals surface area contributed by atoms with Gasteiger partial charge in [0.2, 0.25) is 0 Å². The smallest absolute Gasteiger partial charge is 0.0154 e. The van der Waals surface area contributed by atoms with Crippen LogP contribution in [0.25, 0.3) is 0 Å². The quantitative estimate of drug-likeness (QED) is 0.263. The molecule has 0 saturated heterocycles. The molecule has 2 heteroatoms. The zero-order chi connectivity index (χ0) is 21.3. The SMILES string of the molecule is CCC/C(=C\P(c1ccccc1)c1ccccc1)P(c1ccccc1)c1ccccc1. The van der Waals surface area contributed by atoms with Gasteiger partial charge in [0, 0.05) is 0 Å². The molecule has 4 aromatic carbocycles. The maximum absolute atomic E-state index is 2.62. The summed E-state index contributed by atoms with van der Waals surface area (Å²) in [5.41, 5.74) is 0. The second kappa shape index (κ2) is 11.2. The van der Waals surface area contributed by atoms with E-state index < -0.39 is 15.8 Å². The largest absolute Gasteiger partial charge is 0.0651 e. The molecule has 0 N–H and O–H groups in total. The molecule has 4 rings (SSSR count). The summed E-state index contributed by atoms with van der Waals surface area (Å²) in [7, 11) is -1.12. The van der Waals surface area contributed by atoms with E-state index in [0.29, 0.717) is 0 Å². The number of hydrogen-bond donors (Lipinski definition) is 0. The molecule has 0 heterocycles. The van der Waals surface area contributed by atoms with Gasteiger partial charge in [-0.15, -0.1) is 0 Å². The summed E-state index contributed by atoms with van der Waals surface area (Å²) < 4.78 is 0. The van der Waals surface area contributed by atoms with Crippen molar-refractivity contribution in [1.29, 1.82) is 0 Å². The third-order valence-electron chi connectivity index (χ3n) is 5.17. The van der Waals surface area contributed by atoms with Gasteiger partial charge in [0.05, 0.1) is 0 Å². The predicted octanol–water partition coefficient (Wildman–Crippen LogP) is 6.89. The van der Waals surface area contributed by atoms with Crippen LogP contribution in [0.3, 0.4) is 0 Å². The molecule has 0 unspecified atom stereocenters. The topological polar surface area (TPSA) is 0 Å². The predicted molar refractivity (Wildman–Crippen MR) is 141 cm³/mol. The van der Waals surface area contributed by atoms with Crippen LogP contribution in [0, 0.1) is 0 Å². The fraction of sp³-hybridized carbons (Fsp3) is 0.103. The molecule has 0 nitrogen and oxygen atoms in total. The lowest BCUT2D eigenvalue weighted by Gasteiger charge is -2.25. The van der Waals surface area contributed by atoms with Crippen LogP contribution in [0.2, 0.25) is 0 Å². The average molecular weight is 438 g/mol. The van der Waals surface area contributed by atoms with E-state index in [4.69, 9.17) is 0 Å². The fourth-order valence-corrected chi connectivity index (χ4v) is 8.92. The lowest BCUT2D eigenvalue weighted by atomic mass is 10.3. The molecule has 0 aliphatic heterocycles. The van der Waals surface area contributed by atoms with Crippen LogP contribution in [0.1, 0.15) is 19.8 Å². The van der Waals surface area contributed by atoms with Gasteiger partial charge in [0.1, 0.15) is 0 Å². The van der Waals surface area contributed by atoms with Gasteiger partial charge in [-0.3, -0.25) is 0 Å². The van der Waals surface area contributed by atoms with Crippen LogP contribution in [-0.2, 0) is 0 Å². The van der Waals surface area contributed by atoms with Crippen molar-refractivity contribution in [3.05, 3.63) is 132 Å². The summed E-state index contributed by atoms with van der Waals surface area (Å²) in [6, 6.07) is 44.2. The van der Waals surface area contributed by atoms with Crippen LogP contribution in [0.4, 0.5) is 0 Å². The Morgan fingerprint density at radius 1 is 0.548 bits per heavy atom. The van der Waals surface area contributed by atoms with Crippen molar-refractivity contribution in [2.75, 3.05) is 0 Å². The summed E-state index contributed by atoms with van der Waals surface area (Å²) in [5.74, 6) is 2.62. The first kappa shape index (κ1) is 21.7. The van der Waals surface area contributed by atoms with E-state index in [2.05, 4.69) is 134 Å². The van der Waals surface area contributed by atoms with Crippen molar-refractivity contribution in [2.24, 2.45) is 0 Å². The number of allylic oxidation sites excluding steroid dienone is 1. The molecule has 0 amide bonds. The Balaban J connectivity index is 1.87. The molecule has 0 radical (unpaired) electrons. The zero-order valence-electron chi connectivity index (χ0n) is 17.9. The molecule has 0 aromatic heterocycles. The molecule has 4 aromatic rings. The molecule has 154 valence electrons. The molecule has 0 aliphatic rings. The van der Waals surface area contributed by atoms with E-state index in [9.17, 15) is 0 Å². The van der Waals surface area contributed by atoms with Gasteiger partial charge < -0.3 is 0 Å². The lowest BCUT2D eigenvalue weighted by molar-refractivity contribution is 0.947. The Hall–Kier alpha value is -2.52. The summed E-state index contributed by atoms with van der Waals surface area (Å²) in [4.78, 5) is 0. The van der Waals surface area contributed by atoms with Crippen molar-refractivity contribution < 1.29 is 0 Å². The third kappa shape index (κ3) is 5.59. The Morgan fingerprint density at radius 3 is 1.26 bits per heavy atom. The molecule has 0 aliphatic carbocycles. The van der Waals surface area contributed by atoms with Crippen LogP contribution in [0.5, 0.6) is 0 Å². The van der Waals surface area contributed by atoms with E-state index in [1.165, 1.54) is 21.2 Å². The molecule has 31 heavy (non-hydrogen) atoms. The van der Waals surface area contributed by atoms with Crippen LogP contribution < -0.4 is 21.2 Å². The van der Waals surface area contributed by atoms with Crippen LogP contribution in [-0.4, -0.2) is 0 Å². The van der Waals surface area contributed by atoms with Crippen LogP contribution in [0.15, 0.2) is 132 Å². The van der Waals surface area contributed by atoms with Crippen molar-refractivity contribution in [3.8, 4) is 0 Å². The Labute approximate surface area is 189 Å². The highest BCUT2D eigenvalue weighted by molar-refractivity contribution is 7.80. The van der Waals surface area contributed by atoms with Gasteiger partial charge in [0.25, 0.3) is 0 Å². The van der Waals surface area contributed by atoms with Crippen molar-refractivity contribution in [2.45, 2.75) is 19.8 Å². The molecule has 0 spiro atoms. The second-order valence-electron chi connectivity index (χ2n) is 7.42. The second-order valence-corrected chi connectivity index (χ2v) is 11.7. The van der Waals surface area contributed by atoms with Crippen LogP contribution >= 0.6 is 15.8 Å². The molecule has 0 fully saturated rings. The summed E-state index contributed by atoms with van der Waals surface area (Å²) in [5, 5.41) is 7.26. The van der Waals surface area contributed by atoms with E-state index in [-0.39, 0.29) is 0 Å². The first-order chi connectivity index (χ1) is 15.4. The Kier molecular flexibility index (Phi) is 7.84. The van der Waals surface area contributed by atoms with Gasteiger partial charge in [-0.2, -0.15) is 0 Å². The molecular formula is C29H28P2. The highest BCUT2D eigenvalue weighted by Crippen LogP contribution is 2.50. The van der Waals surface area contributed by atoms with E-state index in [1.54, 1.807) is 5.31 Å².